The number of hydrogen-bond donors (Lipinski definition) is 1. The summed E-state index contributed by atoms with van der Waals surface area (Å²) in [7, 11) is 0. The first-order valence-electron chi connectivity index (χ1n) is 8.50. The monoisotopic (exact) mass is 302 g/mol. The predicted molar refractivity (Wildman–Crippen MR) is 86.6 cm³/mol. The molecule has 0 radical (unpaired) electrons. The second kappa shape index (κ2) is 7.25. The normalized spacial score (nSPS) is 20.5. The van der Waals surface area contributed by atoms with Crippen LogP contribution in [0, 0.1) is 0 Å². The minimum atomic E-state index is 0.128. The van der Waals surface area contributed by atoms with Crippen molar-refractivity contribution >= 4 is 5.91 Å². The predicted octanol–water partition coefficient (Wildman–Crippen LogP) is 2.71. The van der Waals surface area contributed by atoms with Gasteiger partial charge in [-0.05, 0) is 43.4 Å². The molecule has 3 rings (SSSR count). The zero-order chi connectivity index (χ0) is 15.4. The lowest BCUT2D eigenvalue weighted by molar-refractivity contribution is -0.0357. The Kier molecular flexibility index (Phi) is 5.11. The summed E-state index contributed by atoms with van der Waals surface area (Å²) in [5, 5.41) is 0. The van der Waals surface area contributed by atoms with E-state index in [4.69, 9.17) is 10.5 Å². The molecule has 2 fully saturated rings. The van der Waals surface area contributed by atoms with E-state index in [0.717, 1.165) is 37.1 Å². The van der Waals surface area contributed by atoms with E-state index in [1.54, 1.807) is 0 Å². The van der Waals surface area contributed by atoms with Crippen LogP contribution in [-0.2, 0) is 11.3 Å². The molecule has 1 heterocycles. The van der Waals surface area contributed by atoms with Crippen LogP contribution < -0.4 is 5.73 Å². The molecule has 0 bridgehead atoms. The van der Waals surface area contributed by atoms with Crippen LogP contribution in [0.1, 0.15) is 54.4 Å². The van der Waals surface area contributed by atoms with E-state index in [1.165, 1.54) is 25.7 Å². The number of piperidine rings is 1. The average Bonchev–Trinajstić information content (AvgIpc) is 3.08. The van der Waals surface area contributed by atoms with Crippen molar-refractivity contribution < 1.29 is 9.53 Å². The van der Waals surface area contributed by atoms with Crippen LogP contribution in [0.25, 0.3) is 0 Å². The van der Waals surface area contributed by atoms with Crippen molar-refractivity contribution in [3.05, 3.63) is 35.4 Å². The topological polar surface area (TPSA) is 55.6 Å². The van der Waals surface area contributed by atoms with E-state index < -0.39 is 0 Å². The number of ether oxygens (including phenoxy) is 1. The van der Waals surface area contributed by atoms with E-state index in [1.807, 2.05) is 29.2 Å². The van der Waals surface area contributed by atoms with Crippen LogP contribution in [0.4, 0.5) is 0 Å². The molecule has 0 unspecified atom stereocenters. The first-order chi connectivity index (χ1) is 10.8. The molecule has 1 aliphatic carbocycles. The Labute approximate surface area is 132 Å². The number of nitrogens with two attached hydrogens (primary N) is 1. The smallest absolute Gasteiger partial charge is 0.253 e. The third-order valence-corrected chi connectivity index (χ3v) is 4.85. The summed E-state index contributed by atoms with van der Waals surface area (Å²) in [6, 6.07) is 7.63. The maximum atomic E-state index is 12.5. The molecule has 2 N–H and O–H groups in total. The molecule has 0 atom stereocenters. The van der Waals surface area contributed by atoms with Crippen LogP contribution in [-0.4, -0.2) is 36.1 Å². The number of rotatable bonds is 4. The summed E-state index contributed by atoms with van der Waals surface area (Å²) in [6.07, 6.45) is 7.77. The Hall–Kier alpha value is -1.39. The van der Waals surface area contributed by atoms with Gasteiger partial charge in [0.25, 0.3) is 5.91 Å². The maximum absolute atomic E-state index is 12.5. The van der Waals surface area contributed by atoms with Crippen molar-refractivity contribution in [3.8, 4) is 0 Å². The number of likely N-dealkylation sites (tertiary alicyclic amines) is 1. The Morgan fingerprint density at radius 3 is 2.23 bits per heavy atom. The van der Waals surface area contributed by atoms with Gasteiger partial charge in [0.05, 0.1) is 12.2 Å². The van der Waals surface area contributed by atoms with Gasteiger partial charge in [-0.1, -0.05) is 25.0 Å². The van der Waals surface area contributed by atoms with E-state index in [0.29, 0.717) is 18.8 Å². The quantitative estimate of drug-likeness (QED) is 0.930. The first kappa shape index (κ1) is 15.5. The highest BCUT2D eigenvalue weighted by atomic mass is 16.5. The van der Waals surface area contributed by atoms with Gasteiger partial charge in [-0.25, -0.2) is 0 Å². The van der Waals surface area contributed by atoms with Gasteiger partial charge in [0, 0.05) is 25.2 Å². The lowest BCUT2D eigenvalue weighted by atomic mass is 10.0. The van der Waals surface area contributed by atoms with Crippen molar-refractivity contribution in [2.24, 2.45) is 5.73 Å². The number of nitrogens with zero attached hydrogens (tertiary/aromatic N) is 1. The van der Waals surface area contributed by atoms with Crippen molar-refractivity contribution in [1.29, 1.82) is 0 Å². The molecule has 0 aromatic heterocycles. The van der Waals surface area contributed by atoms with Crippen molar-refractivity contribution in [3.63, 3.8) is 0 Å². The molecule has 120 valence electrons. The largest absolute Gasteiger partial charge is 0.375 e. The fraction of sp³-hybridized carbons (Fsp3) is 0.611. The summed E-state index contributed by atoms with van der Waals surface area (Å²) in [5.74, 6) is 0.128. The Morgan fingerprint density at radius 1 is 1.05 bits per heavy atom. The molecular weight excluding hydrogens is 276 g/mol. The minimum absolute atomic E-state index is 0.128. The first-order valence-corrected chi connectivity index (χ1v) is 8.50. The fourth-order valence-electron chi connectivity index (χ4n) is 3.46. The molecule has 1 saturated heterocycles. The number of carbonyl (C=O) groups is 1. The van der Waals surface area contributed by atoms with E-state index in [-0.39, 0.29) is 5.91 Å². The van der Waals surface area contributed by atoms with Gasteiger partial charge < -0.3 is 15.4 Å². The number of amides is 1. The number of benzene rings is 1. The van der Waals surface area contributed by atoms with E-state index in [2.05, 4.69) is 0 Å². The second-order valence-electron chi connectivity index (χ2n) is 6.44. The lowest BCUT2D eigenvalue weighted by Gasteiger charge is -2.33. The Balaban J connectivity index is 1.50. The van der Waals surface area contributed by atoms with Crippen LogP contribution in [0.5, 0.6) is 0 Å². The lowest BCUT2D eigenvalue weighted by Crippen LogP contribution is -2.41. The van der Waals surface area contributed by atoms with Gasteiger partial charge in [0.15, 0.2) is 0 Å². The average molecular weight is 302 g/mol. The van der Waals surface area contributed by atoms with Crippen LogP contribution in [0.3, 0.4) is 0 Å². The molecule has 1 saturated carbocycles. The SMILES string of the molecule is NCc1ccc(C(=O)N2CCC(OC3CCCC3)CC2)cc1. The summed E-state index contributed by atoms with van der Waals surface area (Å²) in [6.45, 7) is 2.11. The standard InChI is InChI=1S/C18H26N2O2/c19-13-14-5-7-15(8-6-14)18(21)20-11-9-17(10-12-20)22-16-3-1-2-4-16/h5-8,16-17H,1-4,9-13,19H2. The van der Waals surface area contributed by atoms with Crippen LogP contribution in [0.15, 0.2) is 24.3 Å². The Bertz CT molecular complexity index is 486. The van der Waals surface area contributed by atoms with Gasteiger partial charge in [0.1, 0.15) is 0 Å². The van der Waals surface area contributed by atoms with Gasteiger partial charge >= 0.3 is 0 Å². The Morgan fingerprint density at radius 2 is 1.64 bits per heavy atom. The van der Waals surface area contributed by atoms with Crippen molar-refractivity contribution in [2.75, 3.05) is 13.1 Å². The molecule has 1 amide bonds. The molecular formula is C18H26N2O2. The highest BCUT2D eigenvalue weighted by Gasteiger charge is 2.27. The number of carbonyl (C=O) groups excluding carboxylic acids is 1. The zero-order valence-electron chi connectivity index (χ0n) is 13.2. The zero-order valence-corrected chi connectivity index (χ0v) is 13.2. The molecule has 22 heavy (non-hydrogen) atoms. The molecule has 4 heteroatoms. The highest BCUT2D eigenvalue weighted by molar-refractivity contribution is 5.94. The second-order valence-corrected chi connectivity index (χ2v) is 6.44. The maximum Gasteiger partial charge on any atom is 0.253 e. The van der Waals surface area contributed by atoms with Gasteiger partial charge in [-0.2, -0.15) is 0 Å². The summed E-state index contributed by atoms with van der Waals surface area (Å²) in [5.41, 5.74) is 7.40. The molecule has 1 aromatic carbocycles. The fourth-order valence-corrected chi connectivity index (χ4v) is 3.46. The van der Waals surface area contributed by atoms with Crippen molar-refractivity contribution in [2.45, 2.75) is 57.3 Å². The molecule has 4 nitrogen and oxygen atoms in total. The third-order valence-electron chi connectivity index (χ3n) is 4.85. The van der Waals surface area contributed by atoms with E-state index >= 15 is 0 Å². The molecule has 2 aliphatic rings. The molecule has 1 aromatic rings. The summed E-state index contributed by atoms with van der Waals surface area (Å²) in [4.78, 5) is 14.5. The highest BCUT2D eigenvalue weighted by Crippen LogP contribution is 2.25. The van der Waals surface area contributed by atoms with E-state index in [9.17, 15) is 4.79 Å². The molecule has 0 spiro atoms. The summed E-state index contributed by atoms with van der Waals surface area (Å²) >= 11 is 0. The van der Waals surface area contributed by atoms with Crippen LogP contribution >= 0.6 is 0 Å². The molecule has 1 aliphatic heterocycles. The minimum Gasteiger partial charge on any atom is -0.375 e. The van der Waals surface area contributed by atoms with Gasteiger partial charge in [-0.3, -0.25) is 4.79 Å². The van der Waals surface area contributed by atoms with Gasteiger partial charge in [-0.15, -0.1) is 0 Å². The van der Waals surface area contributed by atoms with Crippen LogP contribution in [0.2, 0.25) is 0 Å². The van der Waals surface area contributed by atoms with Crippen molar-refractivity contribution in [1.82, 2.24) is 4.90 Å². The third kappa shape index (κ3) is 3.68. The number of hydrogen-bond acceptors (Lipinski definition) is 3. The van der Waals surface area contributed by atoms with Gasteiger partial charge in [0.2, 0.25) is 0 Å². The summed E-state index contributed by atoms with van der Waals surface area (Å²) < 4.78 is 6.16.